The number of rotatable bonds is 3. The normalized spacial score (nSPS) is 13.8. The number of carbonyl (C=O) groups excluding carboxylic acids is 1. The molecule has 0 saturated carbocycles. The van der Waals surface area contributed by atoms with Gasteiger partial charge in [0.1, 0.15) is 0 Å². The quantitative estimate of drug-likeness (QED) is 0.373. The fraction of sp³-hybridized carbons (Fsp3) is 0.217. The largest absolute Gasteiger partial charge is 0.490 e. The van der Waals surface area contributed by atoms with Gasteiger partial charge in [0.05, 0.1) is 11.7 Å². The van der Waals surface area contributed by atoms with E-state index in [1.54, 1.807) is 29.3 Å². The predicted octanol–water partition coefficient (Wildman–Crippen LogP) is 2.80. The maximum Gasteiger partial charge on any atom is 0.490 e. The predicted molar refractivity (Wildman–Crippen MR) is 124 cm³/mol. The van der Waals surface area contributed by atoms with E-state index in [1.165, 1.54) is 0 Å². The number of hydrogen-bond donors (Lipinski definition) is 3. The van der Waals surface area contributed by atoms with Crippen LogP contribution in [-0.4, -0.2) is 85.7 Å². The Kier molecular flexibility index (Phi) is 6.91. The molecule has 14 heteroatoms. The molecule has 37 heavy (non-hydrogen) atoms. The van der Waals surface area contributed by atoms with Gasteiger partial charge >= 0.3 is 18.1 Å². The van der Waals surface area contributed by atoms with Gasteiger partial charge in [-0.3, -0.25) is 9.89 Å². The van der Waals surface area contributed by atoms with Crippen molar-refractivity contribution < 1.29 is 37.8 Å². The van der Waals surface area contributed by atoms with Crippen molar-refractivity contribution in [3.63, 3.8) is 0 Å². The summed E-state index contributed by atoms with van der Waals surface area (Å²) >= 11 is 0. The summed E-state index contributed by atoms with van der Waals surface area (Å²) < 4.78 is 31.7. The van der Waals surface area contributed by atoms with Crippen LogP contribution >= 0.6 is 0 Å². The maximum atomic E-state index is 13.0. The highest BCUT2D eigenvalue weighted by molar-refractivity contribution is 6.04. The molecule has 3 heterocycles. The van der Waals surface area contributed by atoms with E-state index in [0.29, 0.717) is 42.6 Å². The molecule has 1 aliphatic rings. The number of aliphatic carboxylic acids is 1. The molecule has 0 unspecified atom stereocenters. The number of carboxylic acids is 2. The lowest BCUT2D eigenvalue weighted by molar-refractivity contribution is -0.192. The zero-order valence-corrected chi connectivity index (χ0v) is 18.9. The second kappa shape index (κ2) is 10.1. The Morgan fingerprint density at radius 3 is 2.27 bits per heavy atom. The smallest absolute Gasteiger partial charge is 0.476 e. The lowest BCUT2D eigenvalue weighted by atomic mass is 10.1. The van der Waals surface area contributed by atoms with E-state index in [2.05, 4.69) is 25.3 Å². The number of amides is 1. The summed E-state index contributed by atoms with van der Waals surface area (Å²) in [6.45, 7) is 2.36. The molecule has 0 bridgehead atoms. The van der Waals surface area contributed by atoms with E-state index in [-0.39, 0.29) is 11.6 Å². The van der Waals surface area contributed by atoms with Gasteiger partial charge < -0.3 is 20.0 Å². The fourth-order valence-corrected chi connectivity index (χ4v) is 3.86. The molecule has 0 radical (unpaired) electrons. The van der Waals surface area contributed by atoms with E-state index in [0.717, 1.165) is 16.6 Å². The van der Waals surface area contributed by atoms with Crippen molar-refractivity contribution in [2.24, 2.45) is 0 Å². The van der Waals surface area contributed by atoms with Crippen molar-refractivity contribution in [1.29, 1.82) is 0 Å². The zero-order valence-electron chi connectivity index (χ0n) is 18.9. The summed E-state index contributed by atoms with van der Waals surface area (Å²) in [5, 5.41) is 33.8. The first-order chi connectivity index (χ1) is 17.6. The number of nitrogens with one attached hydrogen (secondary N) is 1. The molecule has 1 fully saturated rings. The van der Waals surface area contributed by atoms with E-state index in [9.17, 15) is 27.9 Å². The molecule has 1 aliphatic heterocycles. The van der Waals surface area contributed by atoms with Crippen LogP contribution in [-0.2, 0) is 4.79 Å². The first-order valence-corrected chi connectivity index (χ1v) is 10.8. The Balaban J connectivity index is 0.000000405. The van der Waals surface area contributed by atoms with Crippen LogP contribution in [0.1, 0.15) is 20.8 Å². The number of aromatic carboxylic acids is 1. The number of H-pyrrole nitrogens is 1. The highest BCUT2D eigenvalue weighted by Crippen LogP contribution is 2.25. The molecule has 2 aromatic heterocycles. The fourth-order valence-electron chi connectivity index (χ4n) is 3.86. The Hall–Kier alpha value is -4.75. The number of piperazine rings is 1. The Morgan fingerprint density at radius 1 is 0.946 bits per heavy atom. The topological polar surface area (TPSA) is 153 Å². The number of halogens is 3. The Morgan fingerprint density at radius 2 is 1.62 bits per heavy atom. The van der Waals surface area contributed by atoms with Crippen LogP contribution in [0, 0.1) is 0 Å². The van der Waals surface area contributed by atoms with Gasteiger partial charge in [-0.25, -0.2) is 9.59 Å². The van der Waals surface area contributed by atoms with Crippen molar-refractivity contribution in [2.75, 3.05) is 31.1 Å². The SMILES string of the molecule is O=C(O)C(F)(F)F.O=C(O)c1n[nH]c2ccc(C(=O)N3CCN(c4nncc5ccccc45)CC3)cc12. The summed E-state index contributed by atoms with van der Waals surface area (Å²) in [5.41, 5.74) is 0.951. The van der Waals surface area contributed by atoms with E-state index in [1.807, 2.05) is 24.3 Å². The van der Waals surface area contributed by atoms with Gasteiger partial charge in [0.15, 0.2) is 11.5 Å². The number of aromatic nitrogens is 4. The van der Waals surface area contributed by atoms with Crippen molar-refractivity contribution in [3.8, 4) is 0 Å². The molecule has 3 N–H and O–H groups in total. The minimum absolute atomic E-state index is 0.0843. The number of nitrogens with zero attached hydrogens (tertiary/aromatic N) is 5. The van der Waals surface area contributed by atoms with Gasteiger partial charge in [-0.15, -0.1) is 5.10 Å². The van der Waals surface area contributed by atoms with Crippen molar-refractivity contribution in [2.45, 2.75) is 6.18 Å². The highest BCUT2D eigenvalue weighted by atomic mass is 19.4. The van der Waals surface area contributed by atoms with Crippen molar-refractivity contribution >= 4 is 45.3 Å². The number of carboxylic acid groups (broad SMARTS) is 2. The molecule has 11 nitrogen and oxygen atoms in total. The van der Waals surface area contributed by atoms with E-state index < -0.39 is 18.1 Å². The molecule has 0 atom stereocenters. The van der Waals surface area contributed by atoms with Crippen molar-refractivity contribution in [3.05, 3.63) is 59.9 Å². The monoisotopic (exact) mass is 516 g/mol. The van der Waals surface area contributed by atoms with Crippen LogP contribution in [0.25, 0.3) is 21.7 Å². The lowest BCUT2D eigenvalue weighted by Gasteiger charge is -2.35. The first kappa shape index (κ1) is 25.3. The molecule has 5 rings (SSSR count). The molecule has 0 spiro atoms. The van der Waals surface area contributed by atoms with E-state index >= 15 is 0 Å². The second-order valence-electron chi connectivity index (χ2n) is 7.98. The van der Waals surface area contributed by atoms with Crippen LogP contribution in [0.5, 0.6) is 0 Å². The van der Waals surface area contributed by atoms with Gasteiger partial charge in [0, 0.05) is 47.9 Å². The van der Waals surface area contributed by atoms with Gasteiger partial charge in [-0.1, -0.05) is 24.3 Å². The number of anilines is 1. The summed E-state index contributed by atoms with van der Waals surface area (Å²) in [6, 6.07) is 12.9. The number of hydrogen-bond acceptors (Lipinski definition) is 7. The number of fused-ring (bicyclic) bond motifs is 2. The minimum atomic E-state index is -5.08. The third-order valence-electron chi connectivity index (χ3n) is 5.67. The molecule has 1 amide bonds. The number of benzene rings is 2. The average Bonchev–Trinajstić information content (AvgIpc) is 3.31. The summed E-state index contributed by atoms with van der Waals surface area (Å²) in [7, 11) is 0. The standard InChI is InChI=1S/C21H18N6O3.C2HF3O2/c28-20(13-5-6-17-16(11-13)18(21(29)30)24-23-17)27-9-7-26(8-10-27)19-15-4-2-1-3-14(15)12-22-25-19;3-2(4,5)1(6)7/h1-6,11-12H,7-10H2,(H,23,24)(H,29,30);(H,6,7). The molecule has 192 valence electrons. The van der Waals surface area contributed by atoms with Crippen molar-refractivity contribution in [1.82, 2.24) is 25.3 Å². The van der Waals surface area contributed by atoms with Crippen LogP contribution in [0.15, 0.2) is 48.7 Å². The summed E-state index contributed by atoms with van der Waals surface area (Å²) in [6.07, 6.45) is -3.34. The lowest BCUT2D eigenvalue weighted by Crippen LogP contribution is -2.49. The Bertz CT molecular complexity index is 1480. The Labute approximate surface area is 206 Å². The molecule has 0 aliphatic carbocycles. The van der Waals surface area contributed by atoms with Gasteiger partial charge in [-0.2, -0.15) is 23.4 Å². The third-order valence-corrected chi connectivity index (χ3v) is 5.67. The zero-order chi connectivity index (χ0) is 26.7. The average molecular weight is 516 g/mol. The molecular formula is C23H19F3N6O5. The van der Waals surface area contributed by atoms with Crippen LogP contribution in [0.2, 0.25) is 0 Å². The second-order valence-corrected chi connectivity index (χ2v) is 7.98. The van der Waals surface area contributed by atoms with Gasteiger partial charge in [-0.05, 0) is 18.2 Å². The highest BCUT2D eigenvalue weighted by Gasteiger charge is 2.38. The van der Waals surface area contributed by atoms with Gasteiger partial charge in [0.2, 0.25) is 0 Å². The summed E-state index contributed by atoms with van der Waals surface area (Å²) in [4.78, 5) is 37.1. The minimum Gasteiger partial charge on any atom is -0.476 e. The third kappa shape index (κ3) is 5.42. The summed E-state index contributed by atoms with van der Waals surface area (Å²) in [5.74, 6) is -3.19. The number of aromatic amines is 1. The molecule has 1 saturated heterocycles. The molecular weight excluding hydrogens is 497 g/mol. The van der Waals surface area contributed by atoms with Crippen LogP contribution in [0.4, 0.5) is 19.0 Å². The molecule has 2 aromatic carbocycles. The van der Waals surface area contributed by atoms with Crippen LogP contribution < -0.4 is 4.90 Å². The van der Waals surface area contributed by atoms with Crippen LogP contribution in [0.3, 0.4) is 0 Å². The first-order valence-electron chi connectivity index (χ1n) is 10.8. The number of carbonyl (C=O) groups is 3. The number of alkyl halides is 3. The van der Waals surface area contributed by atoms with E-state index in [4.69, 9.17) is 9.90 Å². The molecule has 4 aromatic rings. The maximum absolute atomic E-state index is 13.0. The van der Waals surface area contributed by atoms with Gasteiger partial charge in [0.25, 0.3) is 5.91 Å².